The summed E-state index contributed by atoms with van der Waals surface area (Å²) < 4.78 is 1.65. The lowest BCUT2D eigenvalue weighted by molar-refractivity contribution is 0.603. The molecule has 20 heavy (non-hydrogen) atoms. The fraction of sp³-hybridized carbons (Fsp3) is 0.385. The first-order valence-electron chi connectivity index (χ1n) is 6.42. The van der Waals surface area contributed by atoms with Gasteiger partial charge in [-0.3, -0.25) is 4.57 Å². The van der Waals surface area contributed by atoms with Gasteiger partial charge in [-0.1, -0.05) is 24.6 Å². The Morgan fingerprint density at radius 3 is 3.00 bits per heavy atom. The van der Waals surface area contributed by atoms with Crippen LogP contribution in [0.25, 0.3) is 0 Å². The van der Waals surface area contributed by atoms with Crippen LogP contribution in [-0.2, 0) is 13.1 Å². The lowest BCUT2D eigenvalue weighted by atomic mass is 10.2. The number of H-pyrrole nitrogens is 1. The first-order valence-corrected chi connectivity index (χ1v) is 7.61. The molecule has 0 atom stereocenters. The fourth-order valence-corrected chi connectivity index (χ4v) is 3.20. The molecule has 0 fully saturated rings. The molecule has 0 saturated heterocycles. The average Bonchev–Trinajstić information content (AvgIpc) is 2.76. The molecule has 0 amide bonds. The molecule has 0 aliphatic heterocycles. The summed E-state index contributed by atoms with van der Waals surface area (Å²) in [5.74, 6) is 0. The van der Waals surface area contributed by atoms with Crippen LogP contribution < -0.4 is 11.0 Å². The number of hydrogen-bond acceptors (Lipinski definition) is 4. The van der Waals surface area contributed by atoms with Crippen molar-refractivity contribution in [3.63, 3.8) is 0 Å². The topological polar surface area (TPSA) is 62.7 Å². The van der Waals surface area contributed by atoms with Gasteiger partial charge in [0.05, 0.1) is 0 Å². The third kappa shape index (κ3) is 3.26. The van der Waals surface area contributed by atoms with Gasteiger partial charge in [0.25, 0.3) is 0 Å². The van der Waals surface area contributed by atoms with Crippen LogP contribution in [-0.4, -0.2) is 21.8 Å². The Balaban J connectivity index is 2.35. The number of benzene rings is 1. The zero-order valence-corrected chi connectivity index (χ0v) is 13.0. The molecule has 0 aliphatic rings. The first-order chi connectivity index (χ1) is 9.67. The highest BCUT2D eigenvalue weighted by Gasteiger charge is 2.13. The maximum atomic E-state index is 11.7. The first kappa shape index (κ1) is 15.2. The van der Waals surface area contributed by atoms with Crippen LogP contribution >= 0.6 is 23.4 Å². The zero-order valence-electron chi connectivity index (χ0n) is 11.4. The molecule has 108 valence electrons. The Labute approximate surface area is 126 Å². The van der Waals surface area contributed by atoms with Gasteiger partial charge in [0.2, 0.25) is 0 Å². The maximum Gasteiger partial charge on any atom is 0.343 e. The van der Waals surface area contributed by atoms with Crippen molar-refractivity contribution >= 4 is 23.4 Å². The van der Waals surface area contributed by atoms with Crippen LogP contribution in [0, 0.1) is 0 Å². The van der Waals surface area contributed by atoms with E-state index in [9.17, 15) is 4.79 Å². The molecular formula is C13H17ClN4OS. The van der Waals surface area contributed by atoms with Crippen LogP contribution in [0.2, 0.25) is 5.02 Å². The van der Waals surface area contributed by atoms with Gasteiger partial charge < -0.3 is 5.32 Å². The highest BCUT2D eigenvalue weighted by Crippen LogP contribution is 2.32. The molecule has 1 aromatic heterocycles. The lowest BCUT2D eigenvalue weighted by Crippen LogP contribution is -2.17. The summed E-state index contributed by atoms with van der Waals surface area (Å²) in [6, 6.07) is 5.75. The molecule has 1 heterocycles. The Kier molecular flexibility index (Phi) is 5.28. The maximum absolute atomic E-state index is 11.7. The Morgan fingerprint density at radius 1 is 1.50 bits per heavy atom. The van der Waals surface area contributed by atoms with Gasteiger partial charge in [-0.2, -0.15) is 0 Å². The van der Waals surface area contributed by atoms with Crippen molar-refractivity contribution in [2.75, 3.05) is 7.05 Å². The molecule has 0 saturated carbocycles. The van der Waals surface area contributed by atoms with Crippen molar-refractivity contribution in [2.24, 2.45) is 0 Å². The molecule has 5 nitrogen and oxygen atoms in total. The summed E-state index contributed by atoms with van der Waals surface area (Å²) in [4.78, 5) is 12.7. The van der Waals surface area contributed by atoms with Crippen LogP contribution in [0.15, 0.2) is 33.0 Å². The van der Waals surface area contributed by atoms with Crippen LogP contribution in [0.4, 0.5) is 0 Å². The molecule has 0 unspecified atom stereocenters. The van der Waals surface area contributed by atoms with E-state index < -0.39 is 0 Å². The number of rotatable bonds is 6. The number of aromatic amines is 1. The second kappa shape index (κ2) is 6.97. The largest absolute Gasteiger partial charge is 0.343 e. The number of nitrogens with one attached hydrogen (secondary N) is 2. The van der Waals surface area contributed by atoms with Crippen LogP contribution in [0.3, 0.4) is 0 Å². The van der Waals surface area contributed by atoms with Crippen molar-refractivity contribution < 1.29 is 0 Å². The molecule has 1 aromatic carbocycles. The van der Waals surface area contributed by atoms with Gasteiger partial charge >= 0.3 is 5.69 Å². The lowest BCUT2D eigenvalue weighted by Gasteiger charge is -2.10. The molecule has 0 radical (unpaired) electrons. The predicted molar refractivity (Wildman–Crippen MR) is 81.5 cm³/mol. The molecule has 2 N–H and O–H groups in total. The molecule has 2 aromatic rings. The summed E-state index contributed by atoms with van der Waals surface area (Å²) in [6.45, 7) is 3.35. The fourth-order valence-electron chi connectivity index (χ4n) is 1.88. The van der Waals surface area contributed by atoms with Gasteiger partial charge in [-0.05, 0) is 42.9 Å². The third-order valence-electron chi connectivity index (χ3n) is 2.80. The SMILES string of the molecule is CCCn1c(Sc2cccc(Cl)c2CNC)n[nH]c1=O. The average molecular weight is 313 g/mol. The minimum Gasteiger partial charge on any atom is -0.316 e. The zero-order chi connectivity index (χ0) is 14.5. The van der Waals surface area contributed by atoms with E-state index in [0.717, 1.165) is 16.9 Å². The van der Waals surface area contributed by atoms with Gasteiger partial charge in [0, 0.05) is 23.0 Å². The minimum absolute atomic E-state index is 0.174. The van der Waals surface area contributed by atoms with Crippen molar-refractivity contribution in [1.82, 2.24) is 20.1 Å². The van der Waals surface area contributed by atoms with Crippen molar-refractivity contribution in [2.45, 2.75) is 36.5 Å². The molecular weight excluding hydrogens is 296 g/mol. The number of aromatic nitrogens is 3. The summed E-state index contributed by atoms with van der Waals surface area (Å²) in [5.41, 5.74) is 0.840. The standard InChI is InChI=1S/C13H17ClN4OS/c1-3-7-18-12(19)16-17-13(18)20-11-6-4-5-10(14)9(11)8-15-2/h4-6,15H,3,7-8H2,1-2H3,(H,16,19). The minimum atomic E-state index is -0.174. The predicted octanol–water partition coefficient (Wildman–Crippen LogP) is 2.51. The summed E-state index contributed by atoms with van der Waals surface area (Å²) in [6.07, 6.45) is 0.881. The normalized spacial score (nSPS) is 10.9. The molecule has 0 bridgehead atoms. The van der Waals surface area contributed by atoms with Gasteiger partial charge in [-0.15, -0.1) is 5.10 Å². The smallest absolute Gasteiger partial charge is 0.316 e. The van der Waals surface area contributed by atoms with E-state index in [1.54, 1.807) is 4.57 Å². The molecule has 0 aliphatic carbocycles. The molecule has 2 rings (SSSR count). The van der Waals surface area contributed by atoms with Crippen molar-refractivity contribution in [3.05, 3.63) is 39.3 Å². The highest BCUT2D eigenvalue weighted by atomic mass is 35.5. The van der Waals surface area contributed by atoms with Gasteiger partial charge in [0.15, 0.2) is 5.16 Å². The van der Waals surface area contributed by atoms with E-state index in [2.05, 4.69) is 15.5 Å². The van der Waals surface area contributed by atoms with Crippen LogP contribution in [0.5, 0.6) is 0 Å². The van der Waals surface area contributed by atoms with Crippen molar-refractivity contribution in [1.29, 1.82) is 0 Å². The Bertz CT molecular complexity index is 638. The van der Waals surface area contributed by atoms with Crippen LogP contribution in [0.1, 0.15) is 18.9 Å². The summed E-state index contributed by atoms with van der Waals surface area (Å²) in [5, 5.41) is 11.1. The van der Waals surface area contributed by atoms with E-state index in [0.29, 0.717) is 23.3 Å². The summed E-state index contributed by atoms with van der Waals surface area (Å²) in [7, 11) is 1.87. The van der Waals surface area contributed by atoms with E-state index in [1.807, 2.05) is 32.2 Å². The molecule has 7 heteroatoms. The third-order valence-corrected chi connectivity index (χ3v) is 4.25. The number of hydrogen-bond donors (Lipinski definition) is 2. The monoisotopic (exact) mass is 312 g/mol. The summed E-state index contributed by atoms with van der Waals surface area (Å²) >= 11 is 7.68. The second-order valence-electron chi connectivity index (χ2n) is 4.31. The van der Waals surface area contributed by atoms with E-state index in [1.165, 1.54) is 11.8 Å². The van der Waals surface area contributed by atoms with E-state index >= 15 is 0 Å². The molecule has 0 spiro atoms. The Morgan fingerprint density at radius 2 is 2.30 bits per heavy atom. The van der Waals surface area contributed by atoms with Crippen molar-refractivity contribution in [3.8, 4) is 0 Å². The van der Waals surface area contributed by atoms with E-state index in [-0.39, 0.29) is 5.69 Å². The van der Waals surface area contributed by atoms with Gasteiger partial charge in [-0.25, -0.2) is 9.89 Å². The highest BCUT2D eigenvalue weighted by molar-refractivity contribution is 7.99. The van der Waals surface area contributed by atoms with E-state index in [4.69, 9.17) is 11.6 Å². The van der Waals surface area contributed by atoms with Gasteiger partial charge in [0.1, 0.15) is 0 Å². The number of halogens is 1. The quantitative estimate of drug-likeness (QED) is 0.860. The Hall–Kier alpha value is -1.24. The second-order valence-corrected chi connectivity index (χ2v) is 5.73. The number of nitrogens with zero attached hydrogens (tertiary/aromatic N) is 2.